The summed E-state index contributed by atoms with van der Waals surface area (Å²) in [6.07, 6.45) is 0. The molecule has 7 heteroatoms. The third kappa shape index (κ3) is 3.58. The van der Waals surface area contributed by atoms with E-state index in [2.05, 4.69) is 20.1 Å². The van der Waals surface area contributed by atoms with E-state index in [1.54, 1.807) is 7.05 Å². The smallest absolute Gasteiger partial charge is 0.309 e. The van der Waals surface area contributed by atoms with Crippen LogP contribution in [-0.2, 0) is 23.1 Å². The molecule has 1 unspecified atom stereocenters. The van der Waals surface area contributed by atoms with Crippen molar-refractivity contribution in [1.82, 2.24) is 25.1 Å². The maximum absolute atomic E-state index is 11.2. The van der Waals surface area contributed by atoms with E-state index < -0.39 is 0 Å². The quantitative estimate of drug-likeness (QED) is 0.628. The maximum atomic E-state index is 11.2. The van der Waals surface area contributed by atoms with Crippen LogP contribution in [-0.4, -0.2) is 51.8 Å². The Morgan fingerprint density at radius 3 is 2.81 bits per heavy atom. The molecule has 1 aromatic heterocycles. The van der Waals surface area contributed by atoms with Crippen LogP contribution >= 0.6 is 0 Å². The minimum atomic E-state index is -0.209. The molecule has 0 radical (unpaired) electrons. The third-order valence-electron chi connectivity index (χ3n) is 2.15. The largest absolute Gasteiger partial charge is 0.469 e. The Morgan fingerprint density at radius 1 is 1.62 bits per heavy atom. The first kappa shape index (κ1) is 12.6. The van der Waals surface area contributed by atoms with E-state index in [-0.39, 0.29) is 11.9 Å². The molecule has 0 aliphatic rings. The number of carbonyl (C=O) groups is 1. The lowest BCUT2D eigenvalue weighted by molar-refractivity contribution is -0.145. The second kappa shape index (κ2) is 5.55. The Labute approximate surface area is 94.4 Å². The molecule has 0 saturated heterocycles. The molecule has 1 heterocycles. The number of aryl methyl sites for hydroxylation is 1. The molecule has 0 aromatic carbocycles. The molecule has 1 atom stereocenters. The van der Waals surface area contributed by atoms with Crippen molar-refractivity contribution in [2.24, 2.45) is 13.0 Å². The monoisotopic (exact) mass is 227 g/mol. The molecule has 0 N–H and O–H groups in total. The van der Waals surface area contributed by atoms with Gasteiger partial charge in [0.05, 0.1) is 26.6 Å². The van der Waals surface area contributed by atoms with Crippen molar-refractivity contribution in [3.63, 3.8) is 0 Å². The molecule has 0 fully saturated rings. The Kier molecular flexibility index (Phi) is 4.36. The van der Waals surface area contributed by atoms with Crippen molar-refractivity contribution in [3.05, 3.63) is 5.82 Å². The van der Waals surface area contributed by atoms with E-state index in [1.165, 1.54) is 11.9 Å². The molecule has 0 amide bonds. The van der Waals surface area contributed by atoms with E-state index in [0.717, 1.165) is 0 Å². The standard InChI is InChI=1S/C9H17N5O2/c1-7(9(15)16-4)5-13(2)6-8-10-12-14(3)11-8/h7H,5-6H2,1-4H3. The number of aromatic nitrogens is 4. The summed E-state index contributed by atoms with van der Waals surface area (Å²) in [5, 5.41) is 11.7. The molecule has 0 spiro atoms. The highest BCUT2D eigenvalue weighted by molar-refractivity contribution is 5.71. The number of carbonyl (C=O) groups excluding carboxylic acids is 1. The zero-order chi connectivity index (χ0) is 12.1. The number of rotatable bonds is 5. The molecule has 0 aliphatic carbocycles. The molecular formula is C9H17N5O2. The van der Waals surface area contributed by atoms with Gasteiger partial charge in [-0.15, -0.1) is 10.2 Å². The highest BCUT2D eigenvalue weighted by Crippen LogP contribution is 2.02. The lowest BCUT2D eigenvalue weighted by atomic mass is 10.2. The second-order valence-electron chi connectivity index (χ2n) is 3.82. The fourth-order valence-electron chi connectivity index (χ4n) is 1.44. The minimum Gasteiger partial charge on any atom is -0.469 e. The van der Waals surface area contributed by atoms with E-state index in [4.69, 9.17) is 0 Å². The van der Waals surface area contributed by atoms with Crippen LogP contribution in [0.15, 0.2) is 0 Å². The van der Waals surface area contributed by atoms with Gasteiger partial charge in [-0.25, -0.2) is 0 Å². The van der Waals surface area contributed by atoms with E-state index >= 15 is 0 Å². The fourth-order valence-corrected chi connectivity index (χ4v) is 1.44. The normalized spacial score (nSPS) is 12.8. The first-order valence-electron chi connectivity index (χ1n) is 5.02. The van der Waals surface area contributed by atoms with Gasteiger partial charge in [-0.1, -0.05) is 6.92 Å². The van der Waals surface area contributed by atoms with Crippen molar-refractivity contribution in [2.45, 2.75) is 13.5 Å². The van der Waals surface area contributed by atoms with Gasteiger partial charge in [-0.3, -0.25) is 9.69 Å². The fraction of sp³-hybridized carbons (Fsp3) is 0.778. The minimum absolute atomic E-state index is 0.160. The summed E-state index contributed by atoms with van der Waals surface area (Å²) in [6.45, 7) is 2.99. The van der Waals surface area contributed by atoms with Crippen molar-refractivity contribution >= 4 is 5.97 Å². The number of hydrogen-bond acceptors (Lipinski definition) is 6. The molecule has 90 valence electrons. The molecule has 0 bridgehead atoms. The SMILES string of the molecule is COC(=O)C(C)CN(C)Cc1nnn(C)n1. The summed E-state index contributed by atoms with van der Waals surface area (Å²) in [6, 6.07) is 0. The number of tetrazole rings is 1. The highest BCUT2D eigenvalue weighted by atomic mass is 16.5. The Bertz CT molecular complexity index is 351. The van der Waals surface area contributed by atoms with Crippen LogP contribution in [0, 0.1) is 5.92 Å². The van der Waals surface area contributed by atoms with Crippen LogP contribution in [0.2, 0.25) is 0 Å². The van der Waals surface area contributed by atoms with Crippen molar-refractivity contribution in [2.75, 3.05) is 20.7 Å². The molecular weight excluding hydrogens is 210 g/mol. The Morgan fingerprint density at radius 2 is 2.31 bits per heavy atom. The molecule has 0 saturated carbocycles. The summed E-state index contributed by atoms with van der Waals surface area (Å²) < 4.78 is 4.65. The lowest BCUT2D eigenvalue weighted by Crippen LogP contribution is -2.29. The van der Waals surface area contributed by atoms with Gasteiger partial charge < -0.3 is 4.74 Å². The third-order valence-corrected chi connectivity index (χ3v) is 2.15. The lowest BCUT2D eigenvalue weighted by Gasteiger charge is -2.17. The summed E-state index contributed by atoms with van der Waals surface area (Å²) in [5.74, 6) is 0.271. The van der Waals surface area contributed by atoms with Crippen LogP contribution in [0.3, 0.4) is 0 Å². The number of ether oxygens (including phenoxy) is 1. The number of hydrogen-bond donors (Lipinski definition) is 0. The van der Waals surface area contributed by atoms with Crippen molar-refractivity contribution in [1.29, 1.82) is 0 Å². The van der Waals surface area contributed by atoms with Crippen molar-refractivity contribution < 1.29 is 9.53 Å². The van der Waals surface area contributed by atoms with E-state index in [9.17, 15) is 4.79 Å². The first-order chi connectivity index (χ1) is 7.52. The van der Waals surface area contributed by atoms with Gasteiger partial charge in [0.2, 0.25) is 0 Å². The number of nitrogens with zero attached hydrogens (tertiary/aromatic N) is 5. The topological polar surface area (TPSA) is 73.1 Å². The molecule has 1 rings (SSSR count). The van der Waals surface area contributed by atoms with Gasteiger partial charge in [0.25, 0.3) is 0 Å². The zero-order valence-corrected chi connectivity index (χ0v) is 10.0. The Balaban J connectivity index is 2.41. The maximum Gasteiger partial charge on any atom is 0.309 e. The first-order valence-corrected chi connectivity index (χ1v) is 5.02. The van der Waals surface area contributed by atoms with E-state index in [1.807, 2.05) is 18.9 Å². The second-order valence-corrected chi connectivity index (χ2v) is 3.82. The van der Waals surface area contributed by atoms with Crippen LogP contribution in [0.5, 0.6) is 0 Å². The van der Waals surface area contributed by atoms with Gasteiger partial charge in [-0.05, 0) is 12.3 Å². The van der Waals surface area contributed by atoms with Gasteiger partial charge in [0.15, 0.2) is 5.82 Å². The van der Waals surface area contributed by atoms with Crippen molar-refractivity contribution in [3.8, 4) is 0 Å². The predicted molar refractivity (Wildman–Crippen MR) is 56.3 cm³/mol. The Hall–Kier alpha value is -1.50. The van der Waals surface area contributed by atoms with Crippen LogP contribution in [0.1, 0.15) is 12.7 Å². The summed E-state index contributed by atoms with van der Waals surface area (Å²) >= 11 is 0. The summed E-state index contributed by atoms with van der Waals surface area (Å²) in [4.78, 5) is 14.6. The average molecular weight is 227 g/mol. The highest BCUT2D eigenvalue weighted by Gasteiger charge is 2.16. The molecule has 1 aromatic rings. The zero-order valence-electron chi connectivity index (χ0n) is 10.0. The van der Waals surface area contributed by atoms with Crippen LogP contribution in [0.25, 0.3) is 0 Å². The van der Waals surface area contributed by atoms with E-state index in [0.29, 0.717) is 18.9 Å². The van der Waals surface area contributed by atoms with Gasteiger partial charge in [0, 0.05) is 6.54 Å². The average Bonchev–Trinajstić information content (AvgIpc) is 2.62. The van der Waals surface area contributed by atoms with Gasteiger partial charge in [0.1, 0.15) is 0 Å². The van der Waals surface area contributed by atoms with Crippen LogP contribution < -0.4 is 0 Å². The van der Waals surface area contributed by atoms with Crippen LogP contribution in [0.4, 0.5) is 0 Å². The van der Waals surface area contributed by atoms with Gasteiger partial charge >= 0.3 is 5.97 Å². The predicted octanol–water partition coefficient (Wildman–Crippen LogP) is -0.549. The number of esters is 1. The summed E-state index contributed by atoms with van der Waals surface area (Å²) in [7, 11) is 5.01. The summed E-state index contributed by atoms with van der Waals surface area (Å²) in [5.41, 5.74) is 0. The molecule has 7 nitrogen and oxygen atoms in total. The number of methoxy groups -OCH3 is 1. The molecule has 0 aliphatic heterocycles. The van der Waals surface area contributed by atoms with Gasteiger partial charge in [-0.2, -0.15) is 4.80 Å². The molecule has 16 heavy (non-hydrogen) atoms.